The number of hydrogen-bond acceptors (Lipinski definition) is 4. The normalized spacial score (nSPS) is 10.6. The molecular formula is C11H8Cl2FN3S. The van der Waals surface area contributed by atoms with E-state index in [1.807, 2.05) is 0 Å². The summed E-state index contributed by atoms with van der Waals surface area (Å²) in [6, 6.07) is 4.75. The standard InChI is InChI=1S/C11H8Cl2FN3S/c12-5-2-1-3-17-11(5)18-10-7(16)4-6(15)8(13)9(10)14/h1-4H,15-16H2. The van der Waals surface area contributed by atoms with Crippen molar-refractivity contribution in [1.82, 2.24) is 4.98 Å². The minimum Gasteiger partial charge on any atom is -0.398 e. The third kappa shape index (κ3) is 2.48. The van der Waals surface area contributed by atoms with E-state index in [4.69, 9.17) is 34.7 Å². The van der Waals surface area contributed by atoms with Crippen LogP contribution in [0.15, 0.2) is 34.3 Å². The Balaban J connectivity index is 2.47. The fourth-order valence-corrected chi connectivity index (χ4v) is 2.58. The Morgan fingerprint density at radius 3 is 2.61 bits per heavy atom. The highest BCUT2D eigenvalue weighted by atomic mass is 35.5. The topological polar surface area (TPSA) is 64.9 Å². The Morgan fingerprint density at radius 1 is 1.22 bits per heavy atom. The molecule has 0 radical (unpaired) electrons. The van der Waals surface area contributed by atoms with Gasteiger partial charge in [-0.2, -0.15) is 0 Å². The van der Waals surface area contributed by atoms with Gasteiger partial charge in [-0.3, -0.25) is 0 Å². The zero-order valence-electron chi connectivity index (χ0n) is 8.95. The molecular weight excluding hydrogens is 296 g/mol. The molecule has 0 aliphatic rings. The predicted octanol–water partition coefficient (Wildman–Crippen LogP) is 3.84. The molecule has 7 heteroatoms. The fourth-order valence-electron chi connectivity index (χ4n) is 1.30. The summed E-state index contributed by atoms with van der Waals surface area (Å²) in [6.45, 7) is 0. The minimum absolute atomic E-state index is 0.100. The van der Waals surface area contributed by atoms with E-state index in [9.17, 15) is 4.39 Å². The first-order valence-electron chi connectivity index (χ1n) is 4.82. The van der Waals surface area contributed by atoms with E-state index in [0.29, 0.717) is 10.0 Å². The van der Waals surface area contributed by atoms with Gasteiger partial charge in [0.25, 0.3) is 0 Å². The smallest absolute Gasteiger partial charge is 0.159 e. The number of anilines is 2. The first-order chi connectivity index (χ1) is 8.50. The third-order valence-electron chi connectivity index (χ3n) is 2.14. The van der Waals surface area contributed by atoms with Crippen molar-refractivity contribution < 1.29 is 4.39 Å². The van der Waals surface area contributed by atoms with Gasteiger partial charge in [-0.05, 0) is 18.2 Å². The number of nitrogens with two attached hydrogens (primary N) is 2. The van der Waals surface area contributed by atoms with Gasteiger partial charge >= 0.3 is 0 Å². The molecule has 2 rings (SSSR count). The molecule has 0 spiro atoms. The van der Waals surface area contributed by atoms with Crippen LogP contribution in [0.3, 0.4) is 0 Å². The van der Waals surface area contributed by atoms with E-state index >= 15 is 0 Å². The van der Waals surface area contributed by atoms with Crippen molar-refractivity contribution in [3.63, 3.8) is 0 Å². The van der Waals surface area contributed by atoms with Crippen LogP contribution in [0.2, 0.25) is 10.0 Å². The van der Waals surface area contributed by atoms with Crippen molar-refractivity contribution in [3.8, 4) is 0 Å². The molecule has 0 saturated carbocycles. The molecule has 0 fully saturated rings. The number of benzene rings is 1. The molecule has 1 heterocycles. The van der Waals surface area contributed by atoms with E-state index in [1.165, 1.54) is 6.07 Å². The highest BCUT2D eigenvalue weighted by molar-refractivity contribution is 7.99. The fraction of sp³-hybridized carbons (Fsp3) is 0. The molecule has 0 unspecified atom stereocenters. The molecule has 0 atom stereocenters. The number of hydrogen-bond donors (Lipinski definition) is 2. The number of rotatable bonds is 2. The highest BCUT2D eigenvalue weighted by Gasteiger charge is 2.17. The second kappa shape index (κ2) is 5.22. The summed E-state index contributed by atoms with van der Waals surface area (Å²) in [5.74, 6) is -0.666. The maximum atomic E-state index is 14.0. The third-order valence-corrected chi connectivity index (χ3v) is 4.08. The predicted molar refractivity (Wildman–Crippen MR) is 73.6 cm³/mol. The van der Waals surface area contributed by atoms with E-state index in [0.717, 1.165) is 11.8 Å². The van der Waals surface area contributed by atoms with Crippen molar-refractivity contribution in [2.24, 2.45) is 0 Å². The van der Waals surface area contributed by atoms with E-state index in [-0.39, 0.29) is 21.3 Å². The largest absolute Gasteiger partial charge is 0.398 e. The van der Waals surface area contributed by atoms with Gasteiger partial charge in [0.15, 0.2) is 5.82 Å². The van der Waals surface area contributed by atoms with Crippen LogP contribution in [0.1, 0.15) is 0 Å². The van der Waals surface area contributed by atoms with Crippen LogP contribution >= 0.6 is 35.0 Å². The number of nitrogen functional groups attached to an aromatic ring is 2. The quantitative estimate of drug-likeness (QED) is 0.827. The lowest BCUT2D eigenvalue weighted by atomic mass is 10.3. The SMILES string of the molecule is Nc1cc(N)c(Sc2ncccc2Cl)c(F)c1Cl. The van der Waals surface area contributed by atoms with E-state index in [2.05, 4.69) is 4.98 Å². The molecule has 1 aromatic heterocycles. The lowest BCUT2D eigenvalue weighted by Gasteiger charge is -2.10. The molecule has 1 aromatic carbocycles. The number of nitrogens with zero attached hydrogens (tertiary/aromatic N) is 1. The summed E-state index contributed by atoms with van der Waals surface area (Å²) in [7, 11) is 0. The molecule has 4 N–H and O–H groups in total. The van der Waals surface area contributed by atoms with Crippen LogP contribution in [0.5, 0.6) is 0 Å². The molecule has 0 aliphatic carbocycles. The molecule has 18 heavy (non-hydrogen) atoms. The Hall–Kier alpha value is -1.17. The zero-order chi connectivity index (χ0) is 13.3. The zero-order valence-corrected chi connectivity index (χ0v) is 11.3. The first-order valence-corrected chi connectivity index (χ1v) is 6.39. The van der Waals surface area contributed by atoms with Gasteiger partial charge in [0.1, 0.15) is 10.0 Å². The summed E-state index contributed by atoms with van der Waals surface area (Å²) in [5.41, 5.74) is 11.5. The van der Waals surface area contributed by atoms with Gasteiger partial charge < -0.3 is 11.5 Å². The average molecular weight is 304 g/mol. The van der Waals surface area contributed by atoms with Crippen LogP contribution < -0.4 is 11.5 Å². The van der Waals surface area contributed by atoms with Gasteiger partial charge in [0.2, 0.25) is 0 Å². The van der Waals surface area contributed by atoms with Crippen LogP contribution in [-0.2, 0) is 0 Å². The van der Waals surface area contributed by atoms with Gasteiger partial charge in [-0.25, -0.2) is 9.37 Å². The van der Waals surface area contributed by atoms with Crippen LogP contribution in [0.25, 0.3) is 0 Å². The number of pyridine rings is 1. The monoisotopic (exact) mass is 303 g/mol. The molecule has 0 aliphatic heterocycles. The van der Waals surface area contributed by atoms with Gasteiger partial charge in [-0.1, -0.05) is 35.0 Å². The van der Waals surface area contributed by atoms with Crippen molar-refractivity contribution >= 4 is 46.3 Å². The van der Waals surface area contributed by atoms with Crippen molar-refractivity contribution in [2.45, 2.75) is 9.92 Å². The Bertz CT molecular complexity index is 607. The van der Waals surface area contributed by atoms with Crippen molar-refractivity contribution in [2.75, 3.05) is 11.5 Å². The van der Waals surface area contributed by atoms with Crippen LogP contribution in [0.4, 0.5) is 15.8 Å². The highest BCUT2D eigenvalue weighted by Crippen LogP contribution is 2.40. The summed E-state index contributed by atoms with van der Waals surface area (Å²) in [6.07, 6.45) is 1.56. The molecule has 0 saturated heterocycles. The second-order valence-electron chi connectivity index (χ2n) is 3.40. The average Bonchev–Trinajstić information content (AvgIpc) is 2.34. The minimum atomic E-state index is -0.666. The maximum absolute atomic E-state index is 14.0. The van der Waals surface area contributed by atoms with Crippen LogP contribution in [-0.4, -0.2) is 4.98 Å². The summed E-state index contributed by atoms with van der Waals surface area (Å²) in [4.78, 5) is 4.20. The Labute approximate surface area is 117 Å². The van der Waals surface area contributed by atoms with E-state index in [1.54, 1.807) is 18.3 Å². The first kappa shape index (κ1) is 13.3. The Morgan fingerprint density at radius 2 is 1.94 bits per heavy atom. The van der Waals surface area contributed by atoms with Crippen molar-refractivity contribution in [3.05, 3.63) is 40.3 Å². The molecule has 94 valence electrons. The van der Waals surface area contributed by atoms with Gasteiger partial charge in [0.05, 0.1) is 21.3 Å². The lowest BCUT2D eigenvalue weighted by molar-refractivity contribution is 0.604. The molecule has 0 amide bonds. The lowest BCUT2D eigenvalue weighted by Crippen LogP contribution is -1.98. The summed E-state index contributed by atoms with van der Waals surface area (Å²) >= 11 is 12.7. The number of halogens is 3. The van der Waals surface area contributed by atoms with Crippen LogP contribution in [0, 0.1) is 5.82 Å². The summed E-state index contributed by atoms with van der Waals surface area (Å²) < 4.78 is 14.0. The Kier molecular flexibility index (Phi) is 3.85. The second-order valence-corrected chi connectivity index (χ2v) is 5.19. The number of aromatic nitrogens is 1. The molecule has 3 nitrogen and oxygen atoms in total. The van der Waals surface area contributed by atoms with Crippen molar-refractivity contribution in [1.29, 1.82) is 0 Å². The molecule has 2 aromatic rings. The molecule has 0 bridgehead atoms. The van der Waals surface area contributed by atoms with Gasteiger partial charge in [0, 0.05) is 6.20 Å². The van der Waals surface area contributed by atoms with Gasteiger partial charge in [-0.15, -0.1) is 0 Å². The summed E-state index contributed by atoms with van der Waals surface area (Å²) in [5, 5.41) is 0.707. The maximum Gasteiger partial charge on any atom is 0.159 e. The van der Waals surface area contributed by atoms with E-state index < -0.39 is 5.82 Å².